The van der Waals surface area contributed by atoms with Crippen LogP contribution in [0, 0.1) is 0 Å². The number of nitrogens with zero attached hydrogens (tertiary/aromatic N) is 3. The molecule has 126 valence electrons. The van der Waals surface area contributed by atoms with Crippen LogP contribution in [0.15, 0.2) is 41.4 Å². The minimum atomic E-state index is 0.139. The van der Waals surface area contributed by atoms with Gasteiger partial charge in [-0.15, -0.1) is 0 Å². The summed E-state index contributed by atoms with van der Waals surface area (Å²) < 4.78 is 5.95. The molecule has 2 fully saturated rings. The average molecular weight is 343 g/mol. The van der Waals surface area contributed by atoms with Gasteiger partial charge in [0.15, 0.2) is 0 Å². The van der Waals surface area contributed by atoms with Crippen molar-refractivity contribution in [3.63, 3.8) is 0 Å². The number of hydrogen-bond acceptors (Lipinski definition) is 5. The summed E-state index contributed by atoms with van der Waals surface area (Å²) in [5, 5.41) is 3.89. The zero-order valence-corrected chi connectivity index (χ0v) is 14.3. The van der Waals surface area contributed by atoms with E-state index in [0.717, 1.165) is 31.6 Å². The Balaban J connectivity index is 1.48. The Kier molecular flexibility index (Phi) is 4.60. The first-order chi connectivity index (χ1) is 11.8. The summed E-state index contributed by atoms with van der Waals surface area (Å²) in [7, 11) is 0. The number of carbonyl (C=O) groups excluding carboxylic acids is 1. The maximum atomic E-state index is 12.8. The van der Waals surface area contributed by atoms with Crippen molar-refractivity contribution in [2.24, 2.45) is 0 Å². The fourth-order valence-corrected chi connectivity index (χ4v) is 4.26. The van der Waals surface area contributed by atoms with Gasteiger partial charge in [-0.05, 0) is 35.6 Å². The van der Waals surface area contributed by atoms with Crippen molar-refractivity contribution in [3.05, 3.63) is 52.5 Å². The second-order valence-electron chi connectivity index (χ2n) is 6.37. The normalized spacial score (nSPS) is 24.6. The van der Waals surface area contributed by atoms with Crippen LogP contribution in [0.4, 0.5) is 0 Å². The van der Waals surface area contributed by atoms with Crippen molar-refractivity contribution in [3.8, 4) is 0 Å². The number of amides is 1. The van der Waals surface area contributed by atoms with Gasteiger partial charge in [-0.3, -0.25) is 14.7 Å². The van der Waals surface area contributed by atoms with Crippen molar-refractivity contribution in [1.82, 2.24) is 14.8 Å². The van der Waals surface area contributed by atoms with Crippen molar-refractivity contribution in [1.29, 1.82) is 0 Å². The number of morpholine rings is 1. The summed E-state index contributed by atoms with van der Waals surface area (Å²) in [6, 6.07) is 6.16. The van der Waals surface area contributed by atoms with Crippen molar-refractivity contribution < 1.29 is 9.53 Å². The van der Waals surface area contributed by atoms with E-state index in [4.69, 9.17) is 4.74 Å². The largest absolute Gasteiger partial charge is 0.374 e. The number of aromatic nitrogens is 1. The highest BCUT2D eigenvalue weighted by Crippen LogP contribution is 2.26. The number of ether oxygens (including phenoxy) is 1. The standard InChI is InChI=1S/C18H21N3O2S/c22-18(15-4-10-24-13-15)21-8-9-23-17-3-7-20(12-16(17)21)11-14-1-5-19-6-2-14/h1-2,4-6,10,13,16-17H,3,7-9,11-12H2/t16-,17-/m1/s1. The Morgan fingerprint density at radius 3 is 2.96 bits per heavy atom. The van der Waals surface area contributed by atoms with E-state index in [1.54, 1.807) is 11.3 Å². The molecule has 2 aromatic rings. The fraction of sp³-hybridized carbons (Fsp3) is 0.444. The third-order valence-corrected chi connectivity index (χ3v) is 5.54. The monoisotopic (exact) mass is 343 g/mol. The van der Waals surface area contributed by atoms with E-state index in [1.165, 1.54) is 5.56 Å². The van der Waals surface area contributed by atoms with Crippen LogP contribution in [0.1, 0.15) is 22.3 Å². The average Bonchev–Trinajstić information content (AvgIpc) is 3.16. The minimum Gasteiger partial charge on any atom is -0.374 e. The maximum absolute atomic E-state index is 12.8. The topological polar surface area (TPSA) is 45.7 Å². The molecule has 2 aliphatic heterocycles. The second-order valence-corrected chi connectivity index (χ2v) is 7.15. The lowest BCUT2D eigenvalue weighted by Gasteiger charge is -2.47. The van der Waals surface area contributed by atoms with E-state index in [-0.39, 0.29) is 18.1 Å². The summed E-state index contributed by atoms with van der Waals surface area (Å²) in [6.07, 6.45) is 4.80. The molecule has 0 N–H and O–H groups in total. The molecule has 2 saturated heterocycles. The zero-order valence-electron chi connectivity index (χ0n) is 13.5. The Bertz CT molecular complexity index is 677. The molecule has 0 unspecified atom stereocenters. The molecule has 0 radical (unpaired) electrons. The highest BCUT2D eigenvalue weighted by Gasteiger charge is 2.39. The molecule has 2 aliphatic rings. The summed E-state index contributed by atoms with van der Waals surface area (Å²) >= 11 is 1.57. The number of rotatable bonds is 3. The lowest BCUT2D eigenvalue weighted by molar-refractivity contribution is -0.0914. The molecule has 0 aromatic carbocycles. The van der Waals surface area contributed by atoms with Crippen LogP contribution in [0.3, 0.4) is 0 Å². The van der Waals surface area contributed by atoms with Gasteiger partial charge in [0.05, 0.1) is 24.3 Å². The molecule has 2 aromatic heterocycles. The number of likely N-dealkylation sites (tertiary alicyclic amines) is 1. The Morgan fingerprint density at radius 1 is 1.29 bits per heavy atom. The fourth-order valence-electron chi connectivity index (χ4n) is 3.63. The van der Waals surface area contributed by atoms with Crippen LogP contribution >= 0.6 is 11.3 Å². The highest BCUT2D eigenvalue weighted by atomic mass is 32.1. The lowest BCUT2D eigenvalue weighted by Crippen LogP contribution is -2.61. The third-order valence-electron chi connectivity index (χ3n) is 4.85. The van der Waals surface area contributed by atoms with Gasteiger partial charge in [-0.25, -0.2) is 0 Å². The molecule has 1 amide bonds. The first-order valence-electron chi connectivity index (χ1n) is 8.37. The molecule has 0 saturated carbocycles. The third kappa shape index (κ3) is 3.22. The summed E-state index contributed by atoms with van der Waals surface area (Å²) in [5.74, 6) is 0.139. The molecular formula is C18H21N3O2S. The van der Waals surface area contributed by atoms with Crippen LogP contribution in [0.25, 0.3) is 0 Å². The first kappa shape index (κ1) is 15.7. The molecule has 0 bridgehead atoms. The minimum absolute atomic E-state index is 0.139. The van der Waals surface area contributed by atoms with Gasteiger partial charge in [0.1, 0.15) is 0 Å². The summed E-state index contributed by atoms with van der Waals surface area (Å²) in [5.41, 5.74) is 2.06. The van der Waals surface area contributed by atoms with E-state index in [9.17, 15) is 4.79 Å². The smallest absolute Gasteiger partial charge is 0.255 e. The highest BCUT2D eigenvalue weighted by molar-refractivity contribution is 7.08. The second kappa shape index (κ2) is 7.01. The van der Waals surface area contributed by atoms with E-state index < -0.39 is 0 Å². The zero-order chi connectivity index (χ0) is 16.4. The van der Waals surface area contributed by atoms with Gasteiger partial charge in [0, 0.05) is 44.0 Å². The number of piperidine rings is 1. The maximum Gasteiger partial charge on any atom is 0.255 e. The van der Waals surface area contributed by atoms with E-state index in [1.807, 2.05) is 34.1 Å². The SMILES string of the molecule is O=C(c1ccsc1)N1CCO[C@@H]2CCN(Cc3ccncc3)C[C@H]21. The van der Waals surface area contributed by atoms with Crippen LogP contribution in [-0.4, -0.2) is 59.1 Å². The van der Waals surface area contributed by atoms with Crippen LogP contribution in [-0.2, 0) is 11.3 Å². The van der Waals surface area contributed by atoms with Crippen LogP contribution in [0.5, 0.6) is 0 Å². The molecule has 5 nitrogen and oxygen atoms in total. The van der Waals surface area contributed by atoms with Crippen LogP contribution in [0.2, 0.25) is 0 Å². The first-order valence-corrected chi connectivity index (χ1v) is 9.31. The molecule has 0 spiro atoms. The molecule has 2 atom stereocenters. The number of carbonyl (C=O) groups is 1. The van der Waals surface area contributed by atoms with Gasteiger partial charge >= 0.3 is 0 Å². The quantitative estimate of drug-likeness (QED) is 0.858. The van der Waals surface area contributed by atoms with Crippen molar-refractivity contribution in [2.75, 3.05) is 26.2 Å². The predicted molar refractivity (Wildman–Crippen MR) is 93.0 cm³/mol. The van der Waals surface area contributed by atoms with Crippen LogP contribution < -0.4 is 0 Å². The number of thiophene rings is 1. The van der Waals surface area contributed by atoms with Gasteiger partial charge < -0.3 is 9.64 Å². The number of pyridine rings is 1. The van der Waals surface area contributed by atoms with E-state index in [2.05, 4.69) is 22.0 Å². The molecular weight excluding hydrogens is 322 g/mol. The van der Waals surface area contributed by atoms with Crippen molar-refractivity contribution in [2.45, 2.75) is 25.1 Å². The summed E-state index contributed by atoms with van der Waals surface area (Å²) in [4.78, 5) is 21.3. The predicted octanol–water partition coefficient (Wildman–Crippen LogP) is 2.26. The molecule has 24 heavy (non-hydrogen) atoms. The van der Waals surface area contributed by atoms with Gasteiger partial charge in [0.2, 0.25) is 0 Å². The summed E-state index contributed by atoms with van der Waals surface area (Å²) in [6.45, 7) is 4.08. The van der Waals surface area contributed by atoms with E-state index >= 15 is 0 Å². The number of fused-ring (bicyclic) bond motifs is 1. The van der Waals surface area contributed by atoms with Gasteiger partial charge in [-0.2, -0.15) is 11.3 Å². The molecule has 0 aliphatic carbocycles. The van der Waals surface area contributed by atoms with E-state index in [0.29, 0.717) is 13.2 Å². The molecule has 4 rings (SSSR count). The number of hydrogen-bond donors (Lipinski definition) is 0. The Labute approximate surface area is 145 Å². The Hall–Kier alpha value is -1.76. The lowest BCUT2D eigenvalue weighted by atomic mass is 9.97. The van der Waals surface area contributed by atoms with Gasteiger partial charge in [0.25, 0.3) is 5.91 Å². The molecule has 6 heteroatoms. The molecule has 4 heterocycles. The van der Waals surface area contributed by atoms with Crippen molar-refractivity contribution >= 4 is 17.2 Å². The Morgan fingerprint density at radius 2 is 2.17 bits per heavy atom. The van der Waals surface area contributed by atoms with Gasteiger partial charge in [-0.1, -0.05) is 0 Å².